The maximum atomic E-state index is 11.4. The zero-order chi connectivity index (χ0) is 12.9. The van der Waals surface area contributed by atoms with E-state index in [9.17, 15) is 4.79 Å². The Bertz CT molecular complexity index is 234. The van der Waals surface area contributed by atoms with E-state index in [1.54, 1.807) is 6.08 Å². The van der Waals surface area contributed by atoms with Crippen LogP contribution in [0.15, 0.2) is 24.8 Å². The molecule has 0 heterocycles. The van der Waals surface area contributed by atoms with Crippen LogP contribution < -0.4 is 0 Å². The van der Waals surface area contributed by atoms with Crippen LogP contribution in [0.25, 0.3) is 0 Å². The third-order valence-electron chi connectivity index (χ3n) is 2.28. The first kappa shape index (κ1) is 15.9. The Hall–Kier alpha value is -1.09. The molecule has 0 aliphatic carbocycles. The predicted molar refractivity (Wildman–Crippen MR) is 69.9 cm³/mol. The SMILES string of the molecule is C=CCOCC(=C)C(=O)OCCCCCCC. The number of esters is 1. The van der Waals surface area contributed by atoms with Gasteiger partial charge in [0.1, 0.15) is 0 Å². The van der Waals surface area contributed by atoms with Crippen LogP contribution in [0, 0.1) is 0 Å². The average Bonchev–Trinajstić information content (AvgIpc) is 2.33. The van der Waals surface area contributed by atoms with E-state index in [-0.39, 0.29) is 12.6 Å². The molecule has 0 radical (unpaired) electrons. The van der Waals surface area contributed by atoms with Crippen LogP contribution in [0.2, 0.25) is 0 Å². The third-order valence-corrected chi connectivity index (χ3v) is 2.28. The molecule has 0 N–H and O–H groups in total. The van der Waals surface area contributed by atoms with Crippen LogP contribution in [-0.4, -0.2) is 25.8 Å². The minimum Gasteiger partial charge on any atom is -0.462 e. The monoisotopic (exact) mass is 240 g/mol. The maximum Gasteiger partial charge on any atom is 0.335 e. The predicted octanol–water partition coefficient (Wildman–Crippen LogP) is 3.26. The molecule has 98 valence electrons. The molecule has 0 atom stereocenters. The van der Waals surface area contributed by atoms with Crippen molar-refractivity contribution in [1.29, 1.82) is 0 Å². The summed E-state index contributed by atoms with van der Waals surface area (Å²) in [6, 6.07) is 0. The molecule has 0 amide bonds. The molecule has 0 aromatic heterocycles. The Labute approximate surface area is 104 Å². The molecule has 0 bridgehead atoms. The maximum absolute atomic E-state index is 11.4. The van der Waals surface area contributed by atoms with Crippen molar-refractivity contribution in [3.63, 3.8) is 0 Å². The minimum absolute atomic E-state index is 0.209. The number of rotatable bonds is 11. The first-order valence-electron chi connectivity index (χ1n) is 6.25. The summed E-state index contributed by atoms with van der Waals surface area (Å²) in [5, 5.41) is 0. The summed E-state index contributed by atoms with van der Waals surface area (Å²) in [5.41, 5.74) is 0.361. The van der Waals surface area contributed by atoms with E-state index in [2.05, 4.69) is 20.1 Å². The van der Waals surface area contributed by atoms with Crippen LogP contribution >= 0.6 is 0 Å². The summed E-state index contributed by atoms with van der Waals surface area (Å²) < 4.78 is 10.2. The van der Waals surface area contributed by atoms with Crippen molar-refractivity contribution in [2.75, 3.05) is 19.8 Å². The molecule has 0 unspecified atom stereocenters. The number of carbonyl (C=O) groups is 1. The third kappa shape index (κ3) is 9.82. The molecule has 0 aliphatic heterocycles. The van der Waals surface area contributed by atoms with Crippen molar-refractivity contribution < 1.29 is 14.3 Å². The highest BCUT2D eigenvalue weighted by Crippen LogP contribution is 2.03. The lowest BCUT2D eigenvalue weighted by Gasteiger charge is -2.07. The molecule has 0 rings (SSSR count). The zero-order valence-corrected chi connectivity index (χ0v) is 10.9. The molecule has 0 saturated heterocycles. The molecule has 0 saturated carbocycles. The van der Waals surface area contributed by atoms with Gasteiger partial charge in [-0.05, 0) is 6.42 Å². The second kappa shape index (κ2) is 11.4. The fourth-order valence-electron chi connectivity index (χ4n) is 1.30. The first-order chi connectivity index (χ1) is 8.22. The summed E-state index contributed by atoms with van der Waals surface area (Å²) >= 11 is 0. The van der Waals surface area contributed by atoms with E-state index in [0.717, 1.165) is 12.8 Å². The van der Waals surface area contributed by atoms with E-state index >= 15 is 0 Å². The molecule has 0 fully saturated rings. The topological polar surface area (TPSA) is 35.5 Å². The standard InChI is InChI=1S/C14H24O3/c1-4-6-7-8-9-11-17-14(15)13(3)12-16-10-5-2/h5H,2-4,6-12H2,1H3. The van der Waals surface area contributed by atoms with Gasteiger partial charge in [0.25, 0.3) is 0 Å². The van der Waals surface area contributed by atoms with Gasteiger partial charge in [-0.15, -0.1) is 6.58 Å². The highest BCUT2D eigenvalue weighted by molar-refractivity contribution is 5.87. The summed E-state index contributed by atoms with van der Waals surface area (Å²) in [6.07, 6.45) is 7.34. The average molecular weight is 240 g/mol. The molecule has 17 heavy (non-hydrogen) atoms. The van der Waals surface area contributed by atoms with Gasteiger partial charge in [-0.2, -0.15) is 0 Å². The quantitative estimate of drug-likeness (QED) is 0.241. The van der Waals surface area contributed by atoms with Gasteiger partial charge in [0.15, 0.2) is 0 Å². The molecular weight excluding hydrogens is 216 g/mol. The molecule has 3 heteroatoms. The van der Waals surface area contributed by atoms with Gasteiger partial charge in [0.2, 0.25) is 0 Å². The van der Waals surface area contributed by atoms with Gasteiger partial charge in [-0.3, -0.25) is 0 Å². The fraction of sp³-hybridized carbons (Fsp3) is 0.643. The molecule has 0 aliphatic rings. The molecule has 0 aromatic carbocycles. The lowest BCUT2D eigenvalue weighted by Crippen LogP contribution is -2.12. The van der Waals surface area contributed by atoms with Crippen LogP contribution in [0.4, 0.5) is 0 Å². The zero-order valence-electron chi connectivity index (χ0n) is 10.9. The van der Waals surface area contributed by atoms with Gasteiger partial charge in [-0.1, -0.05) is 45.3 Å². The number of hydrogen-bond donors (Lipinski definition) is 0. The number of unbranched alkanes of at least 4 members (excludes halogenated alkanes) is 4. The number of ether oxygens (including phenoxy) is 2. The van der Waals surface area contributed by atoms with Gasteiger partial charge < -0.3 is 9.47 Å². The van der Waals surface area contributed by atoms with Gasteiger partial charge >= 0.3 is 5.97 Å². The first-order valence-corrected chi connectivity index (χ1v) is 6.25. The summed E-state index contributed by atoms with van der Waals surface area (Å²) in [5.74, 6) is -0.357. The second-order valence-electron chi connectivity index (χ2n) is 3.96. The van der Waals surface area contributed by atoms with E-state index in [1.807, 2.05) is 0 Å². The Morgan fingerprint density at radius 3 is 2.59 bits per heavy atom. The van der Waals surface area contributed by atoms with Crippen molar-refractivity contribution in [1.82, 2.24) is 0 Å². The van der Waals surface area contributed by atoms with Crippen molar-refractivity contribution in [2.45, 2.75) is 39.0 Å². The van der Waals surface area contributed by atoms with E-state index in [0.29, 0.717) is 18.8 Å². The van der Waals surface area contributed by atoms with Crippen LogP contribution in [0.5, 0.6) is 0 Å². The van der Waals surface area contributed by atoms with Gasteiger partial charge in [-0.25, -0.2) is 4.79 Å². The Morgan fingerprint density at radius 1 is 1.24 bits per heavy atom. The fourth-order valence-corrected chi connectivity index (χ4v) is 1.30. The second-order valence-corrected chi connectivity index (χ2v) is 3.96. The highest BCUT2D eigenvalue weighted by atomic mass is 16.5. The molecular formula is C14H24O3. The Kier molecular flexibility index (Phi) is 10.7. The van der Waals surface area contributed by atoms with Crippen LogP contribution in [-0.2, 0) is 14.3 Å². The number of hydrogen-bond acceptors (Lipinski definition) is 3. The lowest BCUT2D eigenvalue weighted by atomic mass is 10.2. The minimum atomic E-state index is -0.357. The summed E-state index contributed by atoms with van der Waals surface area (Å²) in [4.78, 5) is 11.4. The largest absolute Gasteiger partial charge is 0.462 e. The van der Waals surface area contributed by atoms with Crippen molar-refractivity contribution >= 4 is 5.97 Å². The van der Waals surface area contributed by atoms with Gasteiger partial charge in [0.05, 0.1) is 25.4 Å². The highest BCUT2D eigenvalue weighted by Gasteiger charge is 2.07. The van der Waals surface area contributed by atoms with Crippen LogP contribution in [0.1, 0.15) is 39.0 Å². The van der Waals surface area contributed by atoms with E-state index in [1.165, 1.54) is 19.3 Å². The van der Waals surface area contributed by atoms with Crippen molar-refractivity contribution in [3.8, 4) is 0 Å². The van der Waals surface area contributed by atoms with Crippen molar-refractivity contribution in [2.24, 2.45) is 0 Å². The van der Waals surface area contributed by atoms with E-state index < -0.39 is 0 Å². The van der Waals surface area contributed by atoms with Crippen LogP contribution in [0.3, 0.4) is 0 Å². The Balaban J connectivity index is 3.44. The smallest absolute Gasteiger partial charge is 0.335 e. The summed E-state index contributed by atoms with van der Waals surface area (Å²) in [6.45, 7) is 10.4. The normalized spacial score (nSPS) is 9.94. The Morgan fingerprint density at radius 2 is 1.94 bits per heavy atom. The molecule has 0 aromatic rings. The van der Waals surface area contributed by atoms with Gasteiger partial charge in [0, 0.05) is 0 Å². The van der Waals surface area contributed by atoms with Crippen molar-refractivity contribution in [3.05, 3.63) is 24.8 Å². The lowest BCUT2D eigenvalue weighted by molar-refractivity contribution is -0.139. The number of carbonyl (C=O) groups excluding carboxylic acids is 1. The molecule has 0 spiro atoms. The summed E-state index contributed by atoms with van der Waals surface area (Å²) in [7, 11) is 0. The molecule has 3 nitrogen and oxygen atoms in total. The van der Waals surface area contributed by atoms with E-state index in [4.69, 9.17) is 9.47 Å².